The van der Waals surface area contributed by atoms with Crippen molar-refractivity contribution >= 4 is 23.5 Å². The molecule has 0 saturated heterocycles. The van der Waals surface area contributed by atoms with Crippen LogP contribution in [0.25, 0.3) is 0 Å². The number of anilines is 2. The highest BCUT2D eigenvalue weighted by Gasteiger charge is 2.16. The third kappa shape index (κ3) is 5.02. The van der Waals surface area contributed by atoms with Gasteiger partial charge in [-0.15, -0.1) is 0 Å². The molecule has 1 N–H and O–H groups in total. The maximum absolute atomic E-state index is 12.6. The van der Waals surface area contributed by atoms with Crippen molar-refractivity contribution in [1.82, 2.24) is 9.97 Å². The van der Waals surface area contributed by atoms with Gasteiger partial charge in [0.1, 0.15) is 5.69 Å². The maximum atomic E-state index is 12.6. The van der Waals surface area contributed by atoms with Crippen LogP contribution in [0.15, 0.2) is 36.5 Å². The van der Waals surface area contributed by atoms with Crippen molar-refractivity contribution in [1.29, 1.82) is 0 Å². The summed E-state index contributed by atoms with van der Waals surface area (Å²) >= 11 is 0. The second kappa shape index (κ2) is 9.50. The molecule has 0 spiro atoms. The van der Waals surface area contributed by atoms with E-state index in [0.29, 0.717) is 17.2 Å². The Morgan fingerprint density at radius 1 is 1.19 bits per heavy atom. The van der Waals surface area contributed by atoms with Gasteiger partial charge in [-0.25, -0.2) is 14.8 Å². The Hall–Kier alpha value is -2.96. The number of para-hydroxylation sites is 1. The van der Waals surface area contributed by atoms with Crippen molar-refractivity contribution in [2.75, 3.05) is 30.4 Å². The Kier molecular flexibility index (Phi) is 7.08. The molecule has 0 bridgehead atoms. The molecule has 1 amide bonds. The molecule has 7 heteroatoms. The fraction of sp³-hybridized carbons (Fsp3) is 0.368. The smallest absolute Gasteiger partial charge is 0.340 e. The zero-order valence-corrected chi connectivity index (χ0v) is 15.4. The van der Waals surface area contributed by atoms with E-state index in [1.165, 1.54) is 0 Å². The molecule has 26 heavy (non-hydrogen) atoms. The van der Waals surface area contributed by atoms with Crippen LogP contribution in [0.3, 0.4) is 0 Å². The van der Waals surface area contributed by atoms with Crippen molar-refractivity contribution in [2.24, 2.45) is 0 Å². The predicted octanol–water partition coefficient (Wildman–Crippen LogP) is 3.14. The van der Waals surface area contributed by atoms with Crippen LogP contribution >= 0.6 is 0 Å². The van der Waals surface area contributed by atoms with Gasteiger partial charge in [-0.3, -0.25) is 4.79 Å². The molecule has 0 unspecified atom stereocenters. The Labute approximate surface area is 153 Å². The normalized spacial score (nSPS) is 10.3. The number of hydrogen-bond donors (Lipinski definition) is 1. The minimum absolute atomic E-state index is 0.233. The monoisotopic (exact) mass is 356 g/mol. The number of ether oxygens (including phenoxy) is 1. The Morgan fingerprint density at radius 2 is 1.96 bits per heavy atom. The lowest BCUT2D eigenvalue weighted by molar-refractivity contribution is 0.0527. The van der Waals surface area contributed by atoms with E-state index in [9.17, 15) is 9.59 Å². The number of nitrogens with one attached hydrogen (secondary N) is 1. The van der Waals surface area contributed by atoms with Crippen LogP contribution in [0.2, 0.25) is 0 Å². The van der Waals surface area contributed by atoms with Crippen LogP contribution in [0.4, 0.5) is 11.6 Å². The van der Waals surface area contributed by atoms with Gasteiger partial charge in [0.25, 0.3) is 5.91 Å². The van der Waals surface area contributed by atoms with Gasteiger partial charge in [0.15, 0.2) is 0 Å². The second-order valence-corrected chi connectivity index (χ2v) is 5.74. The number of amides is 1. The first-order valence-corrected chi connectivity index (χ1v) is 8.68. The molecule has 0 radical (unpaired) electrons. The summed E-state index contributed by atoms with van der Waals surface area (Å²) in [6.45, 7) is 4.92. The molecule has 0 saturated carbocycles. The van der Waals surface area contributed by atoms with E-state index in [0.717, 1.165) is 19.4 Å². The highest BCUT2D eigenvalue weighted by molar-refractivity contribution is 6.07. The number of rotatable bonds is 8. The summed E-state index contributed by atoms with van der Waals surface area (Å²) in [6, 6.07) is 8.26. The van der Waals surface area contributed by atoms with E-state index in [1.807, 2.05) is 11.9 Å². The zero-order valence-electron chi connectivity index (χ0n) is 15.4. The van der Waals surface area contributed by atoms with Crippen LogP contribution in [0.5, 0.6) is 0 Å². The minimum atomic E-state index is -0.480. The molecule has 1 heterocycles. The second-order valence-electron chi connectivity index (χ2n) is 5.74. The van der Waals surface area contributed by atoms with Gasteiger partial charge in [-0.1, -0.05) is 25.5 Å². The van der Waals surface area contributed by atoms with Crippen molar-refractivity contribution in [3.05, 3.63) is 47.8 Å². The van der Waals surface area contributed by atoms with E-state index in [4.69, 9.17) is 4.74 Å². The van der Waals surface area contributed by atoms with Crippen LogP contribution in [0.1, 0.15) is 47.5 Å². The number of carbonyl (C=O) groups is 2. The number of benzene rings is 1. The standard InChI is InChI=1S/C19H24N4O3/c1-4-6-13-23(3)19-20-12-11-16(22-19)17(24)21-15-10-8-7-9-14(15)18(25)26-5-2/h7-12H,4-6,13H2,1-3H3,(H,21,24). The summed E-state index contributed by atoms with van der Waals surface area (Å²) in [5, 5.41) is 2.73. The van der Waals surface area contributed by atoms with Gasteiger partial charge in [0, 0.05) is 19.8 Å². The molecule has 138 valence electrons. The Bertz CT molecular complexity index is 764. The molecule has 0 atom stereocenters. The highest BCUT2D eigenvalue weighted by atomic mass is 16.5. The summed E-state index contributed by atoms with van der Waals surface area (Å²) in [5.41, 5.74) is 0.921. The van der Waals surface area contributed by atoms with E-state index in [-0.39, 0.29) is 12.3 Å². The molecule has 2 aromatic rings. The van der Waals surface area contributed by atoms with E-state index < -0.39 is 11.9 Å². The van der Waals surface area contributed by atoms with Crippen molar-refractivity contribution < 1.29 is 14.3 Å². The SMILES string of the molecule is CCCCN(C)c1nccc(C(=O)Nc2ccccc2C(=O)OCC)n1. The number of hydrogen-bond acceptors (Lipinski definition) is 6. The fourth-order valence-corrected chi connectivity index (χ4v) is 2.32. The molecular weight excluding hydrogens is 332 g/mol. The molecule has 2 rings (SSSR count). The topological polar surface area (TPSA) is 84.4 Å². The van der Waals surface area contributed by atoms with Crippen LogP contribution < -0.4 is 10.2 Å². The molecule has 0 aliphatic carbocycles. The summed E-state index contributed by atoms with van der Waals surface area (Å²) in [6.07, 6.45) is 3.63. The molecular formula is C19H24N4O3. The predicted molar refractivity (Wildman–Crippen MR) is 101 cm³/mol. The van der Waals surface area contributed by atoms with Crippen LogP contribution in [-0.4, -0.2) is 42.0 Å². The number of carbonyl (C=O) groups excluding carboxylic acids is 2. The first-order valence-electron chi connectivity index (χ1n) is 8.68. The first-order chi connectivity index (χ1) is 12.6. The Balaban J connectivity index is 2.17. The lowest BCUT2D eigenvalue weighted by Crippen LogP contribution is -2.23. The average Bonchev–Trinajstić information content (AvgIpc) is 2.66. The van der Waals surface area contributed by atoms with Crippen LogP contribution in [0, 0.1) is 0 Å². The molecule has 0 aliphatic heterocycles. The molecule has 1 aromatic heterocycles. The van der Waals surface area contributed by atoms with Gasteiger partial charge in [0.05, 0.1) is 17.9 Å². The van der Waals surface area contributed by atoms with Gasteiger partial charge in [-0.05, 0) is 31.5 Å². The van der Waals surface area contributed by atoms with Crippen LogP contribution in [-0.2, 0) is 4.74 Å². The largest absolute Gasteiger partial charge is 0.462 e. The molecule has 7 nitrogen and oxygen atoms in total. The summed E-state index contributed by atoms with van der Waals surface area (Å²) in [4.78, 5) is 35.0. The van der Waals surface area contributed by atoms with Crippen molar-refractivity contribution in [3.8, 4) is 0 Å². The molecule has 0 aliphatic rings. The summed E-state index contributed by atoms with van der Waals surface area (Å²) in [7, 11) is 1.89. The first kappa shape index (κ1) is 19.4. The third-order valence-electron chi connectivity index (χ3n) is 3.73. The lowest BCUT2D eigenvalue weighted by Gasteiger charge is -2.17. The molecule has 0 fully saturated rings. The average molecular weight is 356 g/mol. The number of esters is 1. The maximum Gasteiger partial charge on any atom is 0.340 e. The quantitative estimate of drug-likeness (QED) is 0.732. The number of nitrogens with zero attached hydrogens (tertiary/aromatic N) is 3. The number of aromatic nitrogens is 2. The van der Waals surface area contributed by atoms with E-state index in [1.54, 1.807) is 43.5 Å². The Morgan fingerprint density at radius 3 is 2.69 bits per heavy atom. The van der Waals surface area contributed by atoms with E-state index >= 15 is 0 Å². The highest BCUT2D eigenvalue weighted by Crippen LogP contribution is 2.17. The fourth-order valence-electron chi connectivity index (χ4n) is 2.32. The summed E-state index contributed by atoms with van der Waals surface area (Å²) in [5.74, 6) is -0.398. The third-order valence-corrected chi connectivity index (χ3v) is 3.73. The molecule has 1 aromatic carbocycles. The van der Waals surface area contributed by atoms with Gasteiger partial charge >= 0.3 is 5.97 Å². The van der Waals surface area contributed by atoms with Crippen molar-refractivity contribution in [2.45, 2.75) is 26.7 Å². The van der Waals surface area contributed by atoms with Gasteiger partial charge in [-0.2, -0.15) is 0 Å². The summed E-state index contributed by atoms with van der Waals surface area (Å²) < 4.78 is 5.02. The lowest BCUT2D eigenvalue weighted by atomic mass is 10.1. The van der Waals surface area contributed by atoms with Gasteiger partial charge in [0.2, 0.25) is 5.95 Å². The zero-order chi connectivity index (χ0) is 18.9. The minimum Gasteiger partial charge on any atom is -0.462 e. The van der Waals surface area contributed by atoms with E-state index in [2.05, 4.69) is 22.2 Å². The van der Waals surface area contributed by atoms with Crippen molar-refractivity contribution in [3.63, 3.8) is 0 Å². The van der Waals surface area contributed by atoms with Gasteiger partial charge < -0.3 is 15.0 Å². The number of unbranched alkanes of at least 4 members (excludes halogenated alkanes) is 1.